The van der Waals surface area contributed by atoms with Gasteiger partial charge in [-0.1, -0.05) is 12.1 Å². The molecule has 0 aliphatic heterocycles. The SMILES string of the molecule is CCOc1ccccc1OCCn1cnc2ncccc2c1=O. The Hall–Kier alpha value is -2.89. The molecule has 0 amide bonds. The maximum absolute atomic E-state index is 12.3. The van der Waals surface area contributed by atoms with Gasteiger partial charge in [0.2, 0.25) is 0 Å². The molecule has 0 spiro atoms. The Morgan fingerprint density at radius 2 is 1.83 bits per heavy atom. The van der Waals surface area contributed by atoms with Gasteiger partial charge in [0.25, 0.3) is 5.56 Å². The molecule has 0 atom stereocenters. The molecule has 3 aromatic rings. The third kappa shape index (κ3) is 3.31. The Balaban J connectivity index is 1.72. The van der Waals surface area contributed by atoms with Crippen molar-refractivity contribution in [2.24, 2.45) is 0 Å². The van der Waals surface area contributed by atoms with Crippen LogP contribution in [0.3, 0.4) is 0 Å². The summed E-state index contributed by atoms with van der Waals surface area (Å²) >= 11 is 0. The van der Waals surface area contributed by atoms with Crippen LogP contribution >= 0.6 is 0 Å². The minimum absolute atomic E-state index is 0.121. The molecule has 0 aliphatic rings. The van der Waals surface area contributed by atoms with Crippen molar-refractivity contribution in [3.8, 4) is 11.5 Å². The first kappa shape index (κ1) is 15.0. The van der Waals surface area contributed by atoms with E-state index in [1.54, 1.807) is 18.3 Å². The highest BCUT2D eigenvalue weighted by Gasteiger charge is 2.06. The van der Waals surface area contributed by atoms with E-state index in [0.717, 1.165) is 0 Å². The zero-order valence-corrected chi connectivity index (χ0v) is 12.8. The zero-order chi connectivity index (χ0) is 16.1. The van der Waals surface area contributed by atoms with Gasteiger partial charge in [0.1, 0.15) is 12.9 Å². The average molecular weight is 311 g/mol. The normalized spacial score (nSPS) is 10.7. The van der Waals surface area contributed by atoms with Crippen LogP contribution in [0.2, 0.25) is 0 Å². The topological polar surface area (TPSA) is 66.2 Å². The Morgan fingerprint density at radius 1 is 1.04 bits per heavy atom. The van der Waals surface area contributed by atoms with Crippen molar-refractivity contribution < 1.29 is 9.47 Å². The number of aromatic nitrogens is 3. The molecule has 0 radical (unpaired) electrons. The maximum Gasteiger partial charge on any atom is 0.262 e. The standard InChI is InChI=1S/C17H17N3O3/c1-2-22-14-7-3-4-8-15(14)23-11-10-20-12-19-16-13(17(20)21)6-5-9-18-16/h3-9,12H,2,10-11H2,1H3. The molecule has 0 unspecified atom stereocenters. The molecule has 6 heteroatoms. The van der Waals surface area contributed by atoms with Crippen LogP contribution in [0.15, 0.2) is 53.7 Å². The second-order valence-electron chi connectivity index (χ2n) is 4.85. The van der Waals surface area contributed by atoms with Crippen LogP contribution in [0.1, 0.15) is 6.92 Å². The average Bonchev–Trinajstić information content (AvgIpc) is 2.59. The predicted molar refractivity (Wildman–Crippen MR) is 86.9 cm³/mol. The molecule has 6 nitrogen and oxygen atoms in total. The van der Waals surface area contributed by atoms with E-state index in [4.69, 9.17) is 9.47 Å². The predicted octanol–water partition coefficient (Wildman–Crippen LogP) is 2.27. The lowest BCUT2D eigenvalue weighted by Gasteiger charge is -2.12. The van der Waals surface area contributed by atoms with Crippen LogP contribution in [0.5, 0.6) is 11.5 Å². The van der Waals surface area contributed by atoms with Crippen molar-refractivity contribution in [1.29, 1.82) is 0 Å². The van der Waals surface area contributed by atoms with Crippen LogP contribution in [0.4, 0.5) is 0 Å². The van der Waals surface area contributed by atoms with E-state index < -0.39 is 0 Å². The first-order chi connectivity index (χ1) is 11.3. The summed E-state index contributed by atoms with van der Waals surface area (Å²) in [4.78, 5) is 20.6. The van der Waals surface area contributed by atoms with Gasteiger partial charge in [-0.05, 0) is 31.2 Å². The molecule has 0 saturated heterocycles. The van der Waals surface area contributed by atoms with Gasteiger partial charge in [-0.2, -0.15) is 0 Å². The minimum atomic E-state index is -0.121. The second kappa shape index (κ2) is 6.91. The summed E-state index contributed by atoms with van der Waals surface area (Å²) in [5.41, 5.74) is 0.334. The zero-order valence-electron chi connectivity index (χ0n) is 12.8. The van der Waals surface area contributed by atoms with Crippen LogP contribution < -0.4 is 15.0 Å². The monoisotopic (exact) mass is 311 g/mol. The lowest BCUT2D eigenvalue weighted by atomic mass is 10.3. The molecule has 118 valence electrons. The summed E-state index contributed by atoms with van der Waals surface area (Å²) < 4.78 is 12.8. The molecule has 0 saturated carbocycles. The van der Waals surface area contributed by atoms with Crippen LogP contribution in [-0.2, 0) is 6.54 Å². The van der Waals surface area contributed by atoms with Crippen LogP contribution in [-0.4, -0.2) is 27.7 Å². The Bertz CT molecular complexity index is 861. The van der Waals surface area contributed by atoms with Crippen molar-refractivity contribution in [2.75, 3.05) is 13.2 Å². The van der Waals surface area contributed by atoms with Gasteiger partial charge in [0.05, 0.1) is 18.5 Å². The number of benzene rings is 1. The van der Waals surface area contributed by atoms with Gasteiger partial charge in [0.15, 0.2) is 17.1 Å². The van der Waals surface area contributed by atoms with E-state index >= 15 is 0 Å². The van der Waals surface area contributed by atoms with Gasteiger partial charge in [-0.3, -0.25) is 9.36 Å². The van der Waals surface area contributed by atoms with Crippen molar-refractivity contribution in [3.63, 3.8) is 0 Å². The number of hydrogen-bond acceptors (Lipinski definition) is 5. The number of nitrogens with zero attached hydrogens (tertiary/aromatic N) is 3. The highest BCUT2D eigenvalue weighted by atomic mass is 16.5. The summed E-state index contributed by atoms with van der Waals surface area (Å²) in [6.45, 7) is 3.24. The van der Waals surface area contributed by atoms with Gasteiger partial charge in [-0.25, -0.2) is 9.97 Å². The fourth-order valence-corrected chi connectivity index (χ4v) is 2.26. The number of pyridine rings is 1. The molecule has 1 aromatic carbocycles. The fourth-order valence-electron chi connectivity index (χ4n) is 2.26. The molecule has 0 fully saturated rings. The molecule has 0 N–H and O–H groups in total. The molecule has 3 rings (SSSR count). The van der Waals surface area contributed by atoms with Crippen molar-refractivity contribution in [2.45, 2.75) is 13.5 Å². The fraction of sp³-hybridized carbons (Fsp3) is 0.235. The lowest BCUT2D eigenvalue weighted by Crippen LogP contribution is -2.23. The van der Waals surface area contributed by atoms with Crippen molar-refractivity contribution in [1.82, 2.24) is 14.5 Å². The lowest BCUT2D eigenvalue weighted by molar-refractivity contribution is 0.265. The molecule has 2 aromatic heterocycles. The maximum atomic E-state index is 12.3. The van der Waals surface area contributed by atoms with Crippen LogP contribution in [0.25, 0.3) is 11.0 Å². The number of rotatable bonds is 6. The first-order valence-electron chi connectivity index (χ1n) is 7.44. The molecule has 0 aliphatic carbocycles. The number of ether oxygens (including phenoxy) is 2. The number of fused-ring (bicyclic) bond motifs is 1. The molecular formula is C17H17N3O3. The van der Waals surface area contributed by atoms with E-state index in [1.165, 1.54) is 10.9 Å². The largest absolute Gasteiger partial charge is 0.490 e. The van der Waals surface area contributed by atoms with E-state index in [-0.39, 0.29) is 5.56 Å². The summed E-state index contributed by atoms with van der Waals surface area (Å²) in [5, 5.41) is 0.504. The molecule has 0 bridgehead atoms. The van der Waals surface area contributed by atoms with Crippen LogP contribution in [0, 0.1) is 0 Å². The van der Waals surface area contributed by atoms with Gasteiger partial charge in [0, 0.05) is 6.20 Å². The van der Waals surface area contributed by atoms with Gasteiger partial charge >= 0.3 is 0 Å². The van der Waals surface area contributed by atoms with Crippen molar-refractivity contribution >= 4 is 11.0 Å². The molecular weight excluding hydrogens is 294 g/mol. The molecule has 23 heavy (non-hydrogen) atoms. The molecule has 2 heterocycles. The number of hydrogen-bond donors (Lipinski definition) is 0. The van der Waals surface area contributed by atoms with Gasteiger partial charge < -0.3 is 9.47 Å². The summed E-state index contributed by atoms with van der Waals surface area (Å²) in [6, 6.07) is 10.9. The second-order valence-corrected chi connectivity index (χ2v) is 4.85. The van der Waals surface area contributed by atoms with E-state index in [1.807, 2.05) is 31.2 Å². The Kier molecular flexibility index (Phi) is 4.52. The quantitative estimate of drug-likeness (QED) is 0.698. The van der Waals surface area contributed by atoms with E-state index in [0.29, 0.717) is 42.3 Å². The van der Waals surface area contributed by atoms with Gasteiger partial charge in [-0.15, -0.1) is 0 Å². The highest BCUT2D eigenvalue weighted by molar-refractivity contribution is 5.72. The highest BCUT2D eigenvalue weighted by Crippen LogP contribution is 2.26. The Morgan fingerprint density at radius 3 is 2.61 bits per heavy atom. The van der Waals surface area contributed by atoms with E-state index in [2.05, 4.69) is 9.97 Å². The summed E-state index contributed by atoms with van der Waals surface area (Å²) in [6.07, 6.45) is 3.11. The Labute approximate surface area is 133 Å². The smallest absolute Gasteiger partial charge is 0.262 e. The minimum Gasteiger partial charge on any atom is -0.490 e. The first-order valence-corrected chi connectivity index (χ1v) is 7.44. The summed E-state index contributed by atoms with van der Waals surface area (Å²) in [7, 11) is 0. The third-order valence-electron chi connectivity index (χ3n) is 3.34. The number of para-hydroxylation sites is 2. The third-order valence-corrected chi connectivity index (χ3v) is 3.34. The summed E-state index contributed by atoms with van der Waals surface area (Å²) in [5.74, 6) is 1.36. The van der Waals surface area contributed by atoms with E-state index in [9.17, 15) is 4.79 Å². The van der Waals surface area contributed by atoms with Crippen molar-refractivity contribution in [3.05, 3.63) is 59.3 Å².